The van der Waals surface area contributed by atoms with Crippen LogP contribution >= 0.6 is 15.9 Å². The highest BCUT2D eigenvalue weighted by Crippen LogP contribution is 2.11. The van der Waals surface area contributed by atoms with E-state index >= 15 is 0 Å². The van der Waals surface area contributed by atoms with Crippen LogP contribution in [0.1, 0.15) is 32.3 Å². The molecule has 3 heteroatoms. The molecule has 1 rings (SSSR count). The Labute approximate surface area is 112 Å². The van der Waals surface area contributed by atoms with Crippen molar-refractivity contribution in [3.05, 3.63) is 34.3 Å². The standard InChI is InChI=1S/C14H20BrNO/c1-3-11(4-2)10-16-14(17)9-12-5-7-13(15)8-6-12/h5-8,11H,3-4,9-10H2,1-2H3,(H,16,17). The predicted octanol–water partition coefficient (Wildman–Crippen LogP) is 3.54. The monoisotopic (exact) mass is 297 g/mol. The summed E-state index contributed by atoms with van der Waals surface area (Å²) in [5.74, 6) is 0.711. The Balaban J connectivity index is 2.37. The highest BCUT2D eigenvalue weighted by Gasteiger charge is 2.07. The largest absolute Gasteiger partial charge is 0.356 e. The van der Waals surface area contributed by atoms with Gasteiger partial charge in [-0.25, -0.2) is 0 Å². The molecule has 94 valence electrons. The van der Waals surface area contributed by atoms with Crippen molar-refractivity contribution in [1.29, 1.82) is 0 Å². The fourth-order valence-electron chi connectivity index (χ4n) is 1.69. The molecule has 0 aromatic heterocycles. The Hall–Kier alpha value is -0.830. The zero-order valence-electron chi connectivity index (χ0n) is 10.5. The summed E-state index contributed by atoms with van der Waals surface area (Å²) in [6, 6.07) is 7.87. The summed E-state index contributed by atoms with van der Waals surface area (Å²) in [5.41, 5.74) is 1.05. The van der Waals surface area contributed by atoms with E-state index in [1.54, 1.807) is 0 Å². The quantitative estimate of drug-likeness (QED) is 0.855. The molecular weight excluding hydrogens is 278 g/mol. The highest BCUT2D eigenvalue weighted by molar-refractivity contribution is 9.10. The van der Waals surface area contributed by atoms with Crippen LogP contribution in [-0.2, 0) is 11.2 Å². The maximum atomic E-state index is 11.7. The number of carbonyl (C=O) groups excluding carboxylic acids is 1. The van der Waals surface area contributed by atoms with Crippen LogP contribution < -0.4 is 5.32 Å². The lowest BCUT2D eigenvalue weighted by Crippen LogP contribution is -2.30. The maximum absolute atomic E-state index is 11.7. The minimum atomic E-state index is 0.110. The van der Waals surface area contributed by atoms with Gasteiger partial charge in [0.25, 0.3) is 0 Å². The average molecular weight is 298 g/mol. The van der Waals surface area contributed by atoms with Gasteiger partial charge < -0.3 is 5.32 Å². The second-order valence-electron chi connectivity index (χ2n) is 4.29. The average Bonchev–Trinajstić information content (AvgIpc) is 2.33. The van der Waals surface area contributed by atoms with Gasteiger partial charge >= 0.3 is 0 Å². The van der Waals surface area contributed by atoms with E-state index < -0.39 is 0 Å². The van der Waals surface area contributed by atoms with Crippen LogP contribution in [0.25, 0.3) is 0 Å². The lowest BCUT2D eigenvalue weighted by Gasteiger charge is -2.13. The van der Waals surface area contributed by atoms with Gasteiger partial charge in [0.15, 0.2) is 0 Å². The third-order valence-corrected chi connectivity index (χ3v) is 3.55. The first-order valence-corrected chi connectivity index (χ1v) is 6.96. The van der Waals surface area contributed by atoms with Crippen LogP contribution in [0.15, 0.2) is 28.7 Å². The number of hydrogen-bond donors (Lipinski definition) is 1. The molecule has 17 heavy (non-hydrogen) atoms. The third kappa shape index (κ3) is 5.35. The summed E-state index contributed by atoms with van der Waals surface area (Å²) in [7, 11) is 0. The number of halogens is 1. The van der Waals surface area contributed by atoms with E-state index in [0.29, 0.717) is 12.3 Å². The highest BCUT2D eigenvalue weighted by atomic mass is 79.9. The fraction of sp³-hybridized carbons (Fsp3) is 0.500. The van der Waals surface area contributed by atoms with E-state index in [4.69, 9.17) is 0 Å². The molecular formula is C14H20BrNO. The molecule has 0 aliphatic carbocycles. The van der Waals surface area contributed by atoms with Crippen molar-refractivity contribution >= 4 is 21.8 Å². The topological polar surface area (TPSA) is 29.1 Å². The third-order valence-electron chi connectivity index (χ3n) is 3.02. The number of benzene rings is 1. The summed E-state index contributed by atoms with van der Waals surface area (Å²) in [6.45, 7) is 5.12. The molecule has 2 nitrogen and oxygen atoms in total. The number of hydrogen-bond acceptors (Lipinski definition) is 1. The molecule has 0 atom stereocenters. The van der Waals surface area contributed by atoms with Gasteiger partial charge in [0.05, 0.1) is 6.42 Å². The van der Waals surface area contributed by atoms with Crippen molar-refractivity contribution in [3.8, 4) is 0 Å². The number of rotatable bonds is 6. The molecule has 0 unspecified atom stereocenters. The van der Waals surface area contributed by atoms with Crippen LogP contribution in [0.5, 0.6) is 0 Å². The first kappa shape index (κ1) is 14.2. The van der Waals surface area contributed by atoms with E-state index in [1.165, 1.54) is 0 Å². The summed E-state index contributed by atoms with van der Waals surface area (Å²) in [4.78, 5) is 11.7. The molecule has 0 saturated carbocycles. The molecule has 0 heterocycles. The molecule has 0 radical (unpaired) electrons. The SMILES string of the molecule is CCC(CC)CNC(=O)Cc1ccc(Br)cc1. The second kappa shape index (κ2) is 7.49. The second-order valence-corrected chi connectivity index (χ2v) is 5.21. The minimum Gasteiger partial charge on any atom is -0.356 e. The van der Waals surface area contributed by atoms with Gasteiger partial charge in [0, 0.05) is 11.0 Å². The van der Waals surface area contributed by atoms with Gasteiger partial charge in [-0.2, -0.15) is 0 Å². The van der Waals surface area contributed by atoms with Gasteiger partial charge in [0.1, 0.15) is 0 Å². The van der Waals surface area contributed by atoms with Crippen molar-refractivity contribution in [1.82, 2.24) is 5.32 Å². The van der Waals surface area contributed by atoms with E-state index in [2.05, 4.69) is 35.1 Å². The van der Waals surface area contributed by atoms with E-state index in [0.717, 1.165) is 29.4 Å². The van der Waals surface area contributed by atoms with E-state index in [9.17, 15) is 4.79 Å². The zero-order valence-corrected chi connectivity index (χ0v) is 12.1. The van der Waals surface area contributed by atoms with Crippen molar-refractivity contribution < 1.29 is 4.79 Å². The summed E-state index contributed by atoms with van der Waals surface area (Å²) >= 11 is 3.38. The molecule has 0 spiro atoms. The van der Waals surface area contributed by atoms with E-state index in [1.807, 2.05) is 24.3 Å². The lowest BCUT2D eigenvalue weighted by molar-refractivity contribution is -0.120. The molecule has 1 aromatic carbocycles. The normalized spacial score (nSPS) is 10.6. The molecule has 0 bridgehead atoms. The van der Waals surface area contributed by atoms with Gasteiger partial charge in [-0.3, -0.25) is 4.79 Å². The number of nitrogens with one attached hydrogen (secondary N) is 1. The van der Waals surface area contributed by atoms with Crippen LogP contribution in [0, 0.1) is 5.92 Å². The molecule has 0 saturated heterocycles. The van der Waals surface area contributed by atoms with Gasteiger partial charge in [-0.15, -0.1) is 0 Å². The summed E-state index contributed by atoms with van der Waals surface area (Å²) < 4.78 is 1.04. The summed E-state index contributed by atoms with van der Waals surface area (Å²) in [5, 5.41) is 3.00. The smallest absolute Gasteiger partial charge is 0.224 e. The number of amides is 1. The first-order valence-electron chi connectivity index (χ1n) is 6.16. The van der Waals surface area contributed by atoms with Crippen molar-refractivity contribution in [2.45, 2.75) is 33.1 Å². The van der Waals surface area contributed by atoms with Crippen LogP contribution in [0.2, 0.25) is 0 Å². The van der Waals surface area contributed by atoms with Crippen molar-refractivity contribution in [2.24, 2.45) is 5.92 Å². The van der Waals surface area contributed by atoms with Gasteiger partial charge in [0.2, 0.25) is 5.91 Å². The Morgan fingerprint density at radius 3 is 2.35 bits per heavy atom. The molecule has 0 fully saturated rings. The first-order chi connectivity index (χ1) is 8.15. The molecule has 0 aliphatic rings. The van der Waals surface area contributed by atoms with Crippen molar-refractivity contribution in [3.63, 3.8) is 0 Å². The lowest BCUT2D eigenvalue weighted by atomic mass is 10.0. The zero-order chi connectivity index (χ0) is 12.7. The Bertz CT molecular complexity index is 344. The molecule has 1 amide bonds. The predicted molar refractivity (Wildman–Crippen MR) is 74.9 cm³/mol. The van der Waals surface area contributed by atoms with E-state index in [-0.39, 0.29) is 5.91 Å². The Morgan fingerprint density at radius 1 is 1.24 bits per heavy atom. The fourth-order valence-corrected chi connectivity index (χ4v) is 1.95. The van der Waals surface area contributed by atoms with Crippen LogP contribution in [0.4, 0.5) is 0 Å². The molecule has 1 N–H and O–H groups in total. The number of carbonyl (C=O) groups is 1. The van der Waals surface area contributed by atoms with Crippen LogP contribution in [-0.4, -0.2) is 12.5 Å². The van der Waals surface area contributed by atoms with Gasteiger partial charge in [-0.1, -0.05) is 54.8 Å². The molecule has 1 aromatic rings. The maximum Gasteiger partial charge on any atom is 0.224 e. The van der Waals surface area contributed by atoms with Crippen molar-refractivity contribution in [2.75, 3.05) is 6.54 Å². The van der Waals surface area contributed by atoms with Crippen LogP contribution in [0.3, 0.4) is 0 Å². The minimum absolute atomic E-state index is 0.110. The summed E-state index contributed by atoms with van der Waals surface area (Å²) in [6.07, 6.45) is 2.71. The Morgan fingerprint density at radius 2 is 1.82 bits per heavy atom. The molecule has 0 aliphatic heterocycles. The van der Waals surface area contributed by atoms with Gasteiger partial charge in [-0.05, 0) is 23.6 Å². The Kier molecular flexibility index (Phi) is 6.27.